The van der Waals surface area contributed by atoms with Gasteiger partial charge in [0.1, 0.15) is 5.75 Å². The first-order valence-electron chi connectivity index (χ1n) is 8.18. The van der Waals surface area contributed by atoms with Gasteiger partial charge in [0.2, 0.25) is 0 Å². The normalized spacial score (nSPS) is 17.3. The average Bonchev–Trinajstić information content (AvgIpc) is 2.91. The molecule has 0 unspecified atom stereocenters. The summed E-state index contributed by atoms with van der Waals surface area (Å²) in [5.74, 6) is 0.0508. The van der Waals surface area contributed by atoms with E-state index in [1.165, 1.54) is 18.7 Å². The Labute approximate surface area is 156 Å². The molecule has 0 aliphatic carbocycles. The van der Waals surface area contributed by atoms with Crippen LogP contribution >= 0.6 is 11.8 Å². The highest BCUT2D eigenvalue weighted by molar-refractivity contribution is 8.18. The predicted molar refractivity (Wildman–Crippen MR) is 105 cm³/mol. The van der Waals surface area contributed by atoms with Gasteiger partial charge in [0.15, 0.2) is 11.0 Å². The first-order valence-corrected chi connectivity index (χ1v) is 8.99. The average molecular weight is 366 g/mol. The van der Waals surface area contributed by atoms with Crippen molar-refractivity contribution in [1.29, 1.82) is 0 Å². The van der Waals surface area contributed by atoms with Gasteiger partial charge >= 0.3 is 0 Å². The maximum atomic E-state index is 12.6. The molecule has 1 amide bonds. The smallest absolute Gasteiger partial charge is 0.266 e. The number of hydrogen-bond acceptors (Lipinski definition) is 5. The Hall–Kier alpha value is -2.86. The zero-order valence-electron chi connectivity index (χ0n) is 14.5. The Morgan fingerprint density at radius 2 is 1.96 bits per heavy atom. The zero-order valence-corrected chi connectivity index (χ0v) is 15.3. The van der Waals surface area contributed by atoms with E-state index in [1.807, 2.05) is 6.92 Å². The van der Waals surface area contributed by atoms with Gasteiger partial charge in [-0.05, 0) is 61.5 Å². The van der Waals surface area contributed by atoms with Crippen LogP contribution in [0.3, 0.4) is 0 Å². The van der Waals surface area contributed by atoms with Crippen LogP contribution in [0.1, 0.15) is 29.8 Å². The summed E-state index contributed by atoms with van der Waals surface area (Å²) in [7, 11) is 0. The van der Waals surface area contributed by atoms with Crippen molar-refractivity contribution < 1.29 is 14.7 Å². The van der Waals surface area contributed by atoms with Crippen molar-refractivity contribution in [2.45, 2.75) is 13.8 Å². The van der Waals surface area contributed by atoms with Gasteiger partial charge in [0.25, 0.3) is 5.91 Å². The first kappa shape index (κ1) is 17.9. The number of amidine groups is 1. The summed E-state index contributed by atoms with van der Waals surface area (Å²) in [4.78, 5) is 30.9. The van der Waals surface area contributed by atoms with Crippen LogP contribution in [0, 0.1) is 0 Å². The molecule has 1 heterocycles. The van der Waals surface area contributed by atoms with E-state index in [0.717, 1.165) is 5.56 Å². The highest BCUT2D eigenvalue weighted by atomic mass is 32.2. The molecule has 0 spiro atoms. The fraction of sp³-hybridized carbons (Fsp3) is 0.150. The van der Waals surface area contributed by atoms with E-state index < -0.39 is 0 Å². The number of ketones is 1. The van der Waals surface area contributed by atoms with Crippen LogP contribution in [0.25, 0.3) is 6.08 Å². The standard InChI is InChI=1S/C20H18N2O3S/c1-3-22-19(25)18(11-14-7-9-17(24)10-8-14)26-20(22)21-16-6-4-5-15(12-16)13(2)23/h4-12,24H,3H2,1-2H3/b18-11-,21-20?. The Morgan fingerprint density at radius 1 is 1.23 bits per heavy atom. The summed E-state index contributed by atoms with van der Waals surface area (Å²) in [5, 5.41) is 9.96. The molecule has 1 aliphatic heterocycles. The molecule has 1 N–H and O–H groups in total. The van der Waals surface area contributed by atoms with Crippen molar-refractivity contribution >= 4 is 40.4 Å². The lowest BCUT2D eigenvalue weighted by molar-refractivity contribution is -0.122. The SMILES string of the molecule is CCN1C(=O)/C(=C/c2ccc(O)cc2)SC1=Nc1cccc(C(C)=O)c1. The number of aromatic hydroxyl groups is 1. The molecule has 3 rings (SSSR count). The van der Waals surface area contributed by atoms with Gasteiger partial charge in [-0.2, -0.15) is 0 Å². The van der Waals surface area contributed by atoms with Gasteiger partial charge in [0.05, 0.1) is 10.6 Å². The second kappa shape index (κ2) is 7.58. The number of likely N-dealkylation sites (N-methyl/N-ethyl adjacent to an activating group) is 1. The number of Topliss-reactive ketones (excluding diaryl/α,β-unsaturated/α-hetero) is 1. The van der Waals surface area contributed by atoms with Crippen molar-refractivity contribution in [3.8, 4) is 5.75 Å². The third-order valence-corrected chi connectivity index (χ3v) is 4.88. The van der Waals surface area contributed by atoms with E-state index in [4.69, 9.17) is 0 Å². The quantitative estimate of drug-likeness (QED) is 0.650. The third kappa shape index (κ3) is 3.86. The van der Waals surface area contributed by atoms with E-state index >= 15 is 0 Å². The number of phenolic OH excluding ortho intramolecular Hbond substituents is 1. The molecule has 132 valence electrons. The third-order valence-electron chi connectivity index (χ3n) is 3.87. The topological polar surface area (TPSA) is 70.0 Å². The summed E-state index contributed by atoms with van der Waals surface area (Å²) in [5.41, 5.74) is 2.05. The number of carbonyl (C=O) groups is 2. The number of nitrogens with zero attached hydrogens (tertiary/aromatic N) is 2. The number of amides is 1. The largest absolute Gasteiger partial charge is 0.508 e. The van der Waals surface area contributed by atoms with Crippen LogP contribution in [0.4, 0.5) is 5.69 Å². The van der Waals surface area contributed by atoms with Gasteiger partial charge in [-0.25, -0.2) is 4.99 Å². The van der Waals surface area contributed by atoms with Crippen molar-refractivity contribution in [2.24, 2.45) is 4.99 Å². The summed E-state index contributed by atoms with van der Waals surface area (Å²) in [6, 6.07) is 13.7. The fourth-order valence-electron chi connectivity index (χ4n) is 2.50. The van der Waals surface area contributed by atoms with Crippen LogP contribution < -0.4 is 0 Å². The molecule has 5 nitrogen and oxygen atoms in total. The Balaban J connectivity index is 1.93. The van der Waals surface area contributed by atoms with Gasteiger partial charge in [0, 0.05) is 12.1 Å². The lowest BCUT2D eigenvalue weighted by Gasteiger charge is -2.12. The number of aliphatic imine (C=N–C) groups is 1. The van der Waals surface area contributed by atoms with Crippen LogP contribution in [0.5, 0.6) is 5.75 Å². The molecule has 2 aromatic carbocycles. The summed E-state index contributed by atoms with van der Waals surface area (Å²) in [6.07, 6.45) is 1.78. The maximum absolute atomic E-state index is 12.6. The Bertz CT molecular complexity index is 917. The van der Waals surface area contributed by atoms with Crippen molar-refractivity contribution in [3.63, 3.8) is 0 Å². The lowest BCUT2D eigenvalue weighted by Crippen LogP contribution is -2.28. The van der Waals surface area contributed by atoms with Gasteiger partial charge in [-0.15, -0.1) is 0 Å². The minimum Gasteiger partial charge on any atom is -0.508 e. The number of benzene rings is 2. The van der Waals surface area contributed by atoms with Crippen molar-refractivity contribution in [2.75, 3.05) is 6.54 Å². The maximum Gasteiger partial charge on any atom is 0.266 e. The second-order valence-electron chi connectivity index (χ2n) is 5.75. The first-order chi connectivity index (χ1) is 12.5. The molecule has 2 aromatic rings. The van der Waals surface area contributed by atoms with Gasteiger partial charge in [-0.1, -0.05) is 24.3 Å². The van der Waals surface area contributed by atoms with E-state index in [0.29, 0.717) is 27.9 Å². The Morgan fingerprint density at radius 3 is 2.62 bits per heavy atom. The highest BCUT2D eigenvalue weighted by Gasteiger charge is 2.32. The minimum atomic E-state index is -0.105. The molecule has 0 atom stereocenters. The van der Waals surface area contributed by atoms with Crippen LogP contribution in [-0.4, -0.2) is 33.4 Å². The number of rotatable bonds is 4. The zero-order chi connectivity index (χ0) is 18.7. The summed E-state index contributed by atoms with van der Waals surface area (Å²) in [6.45, 7) is 3.91. The lowest BCUT2D eigenvalue weighted by atomic mass is 10.1. The van der Waals surface area contributed by atoms with Crippen LogP contribution in [-0.2, 0) is 4.79 Å². The molecule has 1 fully saturated rings. The van der Waals surface area contributed by atoms with E-state index in [9.17, 15) is 14.7 Å². The molecule has 0 radical (unpaired) electrons. The fourth-order valence-corrected chi connectivity index (χ4v) is 3.56. The molecule has 0 aromatic heterocycles. The summed E-state index contributed by atoms with van der Waals surface area (Å²) >= 11 is 1.30. The highest BCUT2D eigenvalue weighted by Crippen LogP contribution is 2.34. The van der Waals surface area contributed by atoms with E-state index in [-0.39, 0.29) is 17.4 Å². The second-order valence-corrected chi connectivity index (χ2v) is 6.76. The van der Waals surface area contributed by atoms with Crippen LogP contribution in [0.15, 0.2) is 58.4 Å². The number of carbonyl (C=O) groups excluding carboxylic acids is 2. The molecule has 26 heavy (non-hydrogen) atoms. The monoisotopic (exact) mass is 366 g/mol. The molecule has 1 aliphatic rings. The van der Waals surface area contributed by atoms with Gasteiger partial charge in [-0.3, -0.25) is 14.5 Å². The summed E-state index contributed by atoms with van der Waals surface area (Å²) < 4.78 is 0. The van der Waals surface area contributed by atoms with Crippen LogP contribution in [0.2, 0.25) is 0 Å². The molecule has 0 bridgehead atoms. The molecular weight excluding hydrogens is 348 g/mol. The van der Waals surface area contributed by atoms with E-state index in [1.54, 1.807) is 59.5 Å². The molecular formula is C20H18N2O3S. The van der Waals surface area contributed by atoms with Crippen molar-refractivity contribution in [1.82, 2.24) is 4.90 Å². The number of thioether (sulfide) groups is 1. The van der Waals surface area contributed by atoms with Gasteiger partial charge < -0.3 is 5.11 Å². The molecule has 6 heteroatoms. The minimum absolute atomic E-state index is 0.0255. The Kier molecular flexibility index (Phi) is 5.23. The molecule has 0 saturated carbocycles. The predicted octanol–water partition coefficient (Wildman–Crippen LogP) is 4.22. The van der Waals surface area contributed by atoms with E-state index in [2.05, 4.69) is 4.99 Å². The number of hydrogen-bond donors (Lipinski definition) is 1. The van der Waals surface area contributed by atoms with Crippen molar-refractivity contribution in [3.05, 3.63) is 64.6 Å². The molecule has 1 saturated heterocycles. The number of phenols is 1.